The Hall–Kier alpha value is -0.970. The molecule has 1 aromatic rings. The van der Waals surface area contributed by atoms with Crippen LogP contribution in [0.3, 0.4) is 0 Å². The maximum absolute atomic E-state index is 12.2. The van der Waals surface area contributed by atoms with Gasteiger partial charge in [-0.3, -0.25) is 0 Å². The van der Waals surface area contributed by atoms with Gasteiger partial charge < -0.3 is 4.74 Å². The van der Waals surface area contributed by atoms with Crippen molar-refractivity contribution in [2.24, 2.45) is 0 Å². The van der Waals surface area contributed by atoms with Crippen LogP contribution in [-0.4, -0.2) is 12.1 Å². The van der Waals surface area contributed by atoms with E-state index in [0.717, 1.165) is 19.4 Å². The number of pyridine rings is 1. The van der Waals surface area contributed by atoms with E-state index in [9.17, 15) is 13.2 Å². The van der Waals surface area contributed by atoms with Crippen LogP contribution >= 0.6 is 11.6 Å². The van der Waals surface area contributed by atoms with Crippen LogP contribution < -0.4 is 4.74 Å². The van der Waals surface area contributed by atoms with Gasteiger partial charge in [0.2, 0.25) is 0 Å². The first-order chi connectivity index (χ1) is 5.95. The molecule has 0 spiro atoms. The van der Waals surface area contributed by atoms with E-state index < -0.39 is 11.9 Å². The summed E-state index contributed by atoms with van der Waals surface area (Å²) in [6.45, 7) is 0. The van der Waals surface area contributed by atoms with Gasteiger partial charge in [-0.2, -0.15) is 13.2 Å². The average molecular weight is 212 g/mol. The lowest BCUT2D eigenvalue weighted by molar-refractivity contribution is -0.142. The standard InChI is InChI=1S/C7H5ClF3NO/c1-13-5-2-4(8)3-12-6(5)7(9,10)11/h2-3H,1H3. The Kier molecular flexibility index (Phi) is 2.66. The lowest BCUT2D eigenvalue weighted by Gasteiger charge is -2.09. The van der Waals surface area contributed by atoms with Crippen LogP contribution in [0.2, 0.25) is 5.02 Å². The van der Waals surface area contributed by atoms with E-state index >= 15 is 0 Å². The molecular weight excluding hydrogens is 207 g/mol. The van der Waals surface area contributed by atoms with Gasteiger partial charge in [0.05, 0.1) is 12.1 Å². The van der Waals surface area contributed by atoms with Gasteiger partial charge in [-0.25, -0.2) is 4.98 Å². The lowest BCUT2D eigenvalue weighted by atomic mass is 10.3. The predicted octanol–water partition coefficient (Wildman–Crippen LogP) is 2.76. The molecule has 0 saturated heterocycles. The molecule has 0 fully saturated rings. The minimum atomic E-state index is -4.52. The second-order valence-electron chi connectivity index (χ2n) is 2.20. The molecule has 0 aliphatic heterocycles. The number of nitrogens with zero attached hydrogens (tertiary/aromatic N) is 1. The largest absolute Gasteiger partial charge is 0.494 e. The Morgan fingerprint density at radius 1 is 1.46 bits per heavy atom. The molecule has 1 rings (SSSR count). The molecule has 72 valence electrons. The first-order valence-electron chi connectivity index (χ1n) is 3.22. The third kappa shape index (κ3) is 2.24. The van der Waals surface area contributed by atoms with Gasteiger partial charge in [-0.1, -0.05) is 11.6 Å². The molecule has 0 N–H and O–H groups in total. The zero-order valence-electron chi connectivity index (χ0n) is 6.52. The van der Waals surface area contributed by atoms with E-state index in [1.807, 2.05) is 0 Å². The van der Waals surface area contributed by atoms with Crippen LogP contribution in [0.1, 0.15) is 5.69 Å². The van der Waals surface area contributed by atoms with Gasteiger partial charge in [-0.15, -0.1) is 0 Å². The van der Waals surface area contributed by atoms with Crippen LogP contribution in [0, 0.1) is 0 Å². The molecule has 1 aromatic heterocycles. The van der Waals surface area contributed by atoms with Crippen molar-refractivity contribution in [1.82, 2.24) is 4.98 Å². The van der Waals surface area contributed by atoms with E-state index in [0.29, 0.717) is 0 Å². The molecular formula is C7H5ClF3NO. The maximum atomic E-state index is 12.2. The summed E-state index contributed by atoms with van der Waals surface area (Å²) in [6, 6.07) is 1.07. The molecule has 0 aliphatic rings. The Bertz CT molecular complexity index is 313. The third-order valence-corrected chi connectivity index (χ3v) is 1.51. The summed E-state index contributed by atoms with van der Waals surface area (Å²) in [5.41, 5.74) is -1.07. The Labute approximate surface area is 77.3 Å². The number of hydrogen-bond acceptors (Lipinski definition) is 2. The quantitative estimate of drug-likeness (QED) is 0.713. The number of halogens is 4. The van der Waals surface area contributed by atoms with E-state index in [4.69, 9.17) is 11.6 Å². The summed E-state index contributed by atoms with van der Waals surface area (Å²) < 4.78 is 41.0. The fraction of sp³-hybridized carbons (Fsp3) is 0.286. The summed E-state index contributed by atoms with van der Waals surface area (Å²) in [6.07, 6.45) is -3.59. The summed E-state index contributed by atoms with van der Waals surface area (Å²) in [5.74, 6) is -0.375. The van der Waals surface area contributed by atoms with E-state index in [1.54, 1.807) is 0 Å². The van der Waals surface area contributed by atoms with Gasteiger partial charge in [0.1, 0.15) is 0 Å². The van der Waals surface area contributed by atoms with Crippen molar-refractivity contribution in [2.45, 2.75) is 6.18 Å². The molecule has 0 radical (unpaired) electrons. The predicted molar refractivity (Wildman–Crippen MR) is 40.8 cm³/mol. The Morgan fingerprint density at radius 3 is 2.54 bits per heavy atom. The summed E-state index contributed by atoms with van der Waals surface area (Å²) >= 11 is 5.44. The molecule has 1 heterocycles. The van der Waals surface area contributed by atoms with Gasteiger partial charge in [0, 0.05) is 12.3 Å². The molecule has 6 heteroatoms. The zero-order chi connectivity index (χ0) is 10.1. The second-order valence-corrected chi connectivity index (χ2v) is 2.64. The first kappa shape index (κ1) is 10.1. The minimum absolute atomic E-state index is 0.102. The van der Waals surface area contributed by atoms with Crippen molar-refractivity contribution in [3.8, 4) is 5.75 Å². The summed E-state index contributed by atoms with van der Waals surface area (Å²) in [4.78, 5) is 3.14. The molecule has 0 bridgehead atoms. The van der Waals surface area contributed by atoms with E-state index in [2.05, 4.69) is 9.72 Å². The number of methoxy groups -OCH3 is 1. The normalized spacial score (nSPS) is 11.5. The van der Waals surface area contributed by atoms with Crippen LogP contribution in [0.4, 0.5) is 13.2 Å². The number of ether oxygens (including phenoxy) is 1. The van der Waals surface area contributed by atoms with Crippen molar-refractivity contribution in [3.05, 3.63) is 23.0 Å². The molecule has 0 amide bonds. The highest BCUT2D eigenvalue weighted by atomic mass is 35.5. The van der Waals surface area contributed by atoms with Crippen molar-refractivity contribution in [2.75, 3.05) is 7.11 Å². The SMILES string of the molecule is COc1cc(Cl)cnc1C(F)(F)F. The molecule has 13 heavy (non-hydrogen) atoms. The van der Waals surface area contributed by atoms with Crippen LogP contribution in [0.15, 0.2) is 12.3 Å². The lowest BCUT2D eigenvalue weighted by Crippen LogP contribution is -2.09. The molecule has 0 unspecified atom stereocenters. The highest BCUT2D eigenvalue weighted by Crippen LogP contribution is 2.35. The Morgan fingerprint density at radius 2 is 2.08 bits per heavy atom. The fourth-order valence-corrected chi connectivity index (χ4v) is 0.937. The second kappa shape index (κ2) is 3.41. The summed E-state index contributed by atoms with van der Waals surface area (Å²) in [5, 5.41) is 0.102. The van der Waals surface area contributed by atoms with Crippen molar-refractivity contribution in [1.29, 1.82) is 0 Å². The smallest absolute Gasteiger partial charge is 0.437 e. The number of rotatable bonds is 1. The number of aromatic nitrogens is 1. The third-order valence-electron chi connectivity index (χ3n) is 1.31. The fourth-order valence-electron chi connectivity index (χ4n) is 0.789. The molecule has 0 atom stereocenters. The zero-order valence-corrected chi connectivity index (χ0v) is 7.28. The van der Waals surface area contributed by atoms with Gasteiger partial charge in [-0.05, 0) is 0 Å². The Balaban J connectivity index is 3.22. The van der Waals surface area contributed by atoms with Gasteiger partial charge >= 0.3 is 6.18 Å². The highest BCUT2D eigenvalue weighted by Gasteiger charge is 2.36. The highest BCUT2D eigenvalue weighted by molar-refractivity contribution is 6.30. The molecule has 0 aliphatic carbocycles. The van der Waals surface area contributed by atoms with Crippen LogP contribution in [0.25, 0.3) is 0 Å². The summed E-state index contributed by atoms with van der Waals surface area (Å²) in [7, 11) is 1.13. The van der Waals surface area contributed by atoms with Crippen LogP contribution in [-0.2, 0) is 6.18 Å². The van der Waals surface area contributed by atoms with Crippen LogP contribution in [0.5, 0.6) is 5.75 Å². The van der Waals surface area contributed by atoms with Gasteiger partial charge in [0.15, 0.2) is 11.4 Å². The maximum Gasteiger partial charge on any atom is 0.437 e. The van der Waals surface area contributed by atoms with Crippen molar-refractivity contribution >= 4 is 11.6 Å². The molecule has 2 nitrogen and oxygen atoms in total. The number of alkyl halides is 3. The van der Waals surface area contributed by atoms with E-state index in [1.165, 1.54) is 0 Å². The minimum Gasteiger partial charge on any atom is -0.494 e. The van der Waals surface area contributed by atoms with E-state index in [-0.39, 0.29) is 10.8 Å². The monoisotopic (exact) mass is 211 g/mol. The van der Waals surface area contributed by atoms with Crippen molar-refractivity contribution < 1.29 is 17.9 Å². The number of hydrogen-bond donors (Lipinski definition) is 0. The van der Waals surface area contributed by atoms with Gasteiger partial charge in [0.25, 0.3) is 0 Å². The topological polar surface area (TPSA) is 22.1 Å². The first-order valence-corrected chi connectivity index (χ1v) is 3.59. The molecule has 0 saturated carbocycles. The molecule has 0 aromatic carbocycles. The average Bonchev–Trinajstić information content (AvgIpc) is 2.01. The van der Waals surface area contributed by atoms with Crippen molar-refractivity contribution in [3.63, 3.8) is 0 Å².